The van der Waals surface area contributed by atoms with Crippen LogP contribution in [0.3, 0.4) is 0 Å². The van der Waals surface area contributed by atoms with Gasteiger partial charge in [-0.15, -0.1) is 0 Å². The minimum absolute atomic E-state index is 0.214. The molecule has 0 fully saturated rings. The monoisotopic (exact) mass is 664 g/mol. The summed E-state index contributed by atoms with van der Waals surface area (Å²) in [6.45, 7) is 6.69. The van der Waals surface area contributed by atoms with Crippen molar-refractivity contribution < 1.29 is 0 Å². The number of rotatable bonds is 11. The quantitative estimate of drug-likeness (QED) is 0.199. The average Bonchev–Trinajstić information content (AvgIpc) is 3.19. The summed E-state index contributed by atoms with van der Waals surface area (Å²) in [6, 6.07) is 28.2. The second-order valence-electron chi connectivity index (χ2n) is 13.9. The Morgan fingerprint density at radius 2 is 1.61 bits per heavy atom. The van der Waals surface area contributed by atoms with Gasteiger partial charge < -0.3 is 10.6 Å². The molecule has 0 saturated heterocycles. The normalized spacial score (nSPS) is 21.5. The topological polar surface area (TPSA) is 24.1 Å². The molecule has 0 aromatic heterocycles. The van der Waals surface area contributed by atoms with Crippen LogP contribution >= 0.6 is 0 Å². The molecular weight excluding hydrogens is 617 g/mol. The molecule has 0 aliphatic heterocycles. The van der Waals surface area contributed by atoms with Crippen LogP contribution < -0.4 is 10.6 Å². The molecule has 2 heteroatoms. The largest absolute Gasteiger partial charge is 0.362 e. The van der Waals surface area contributed by atoms with E-state index in [1.165, 1.54) is 44.7 Å². The van der Waals surface area contributed by atoms with Crippen molar-refractivity contribution in [2.75, 3.05) is 10.6 Å². The van der Waals surface area contributed by atoms with Gasteiger partial charge >= 0.3 is 0 Å². The van der Waals surface area contributed by atoms with Crippen LogP contribution in [0.4, 0.5) is 11.4 Å². The zero-order chi connectivity index (χ0) is 34.8. The molecule has 0 bridgehead atoms. The highest BCUT2D eigenvalue weighted by Crippen LogP contribution is 2.37. The number of allylic oxidation sites excluding steroid dienone is 18. The first-order chi connectivity index (χ1) is 25.1. The SMILES string of the molecule is C=C(/C=C(\C=C/Nc1ccccc1)C1C=C(C2=CCCC=C2)C(Nc2ccc(C3C=C(c4cccc(C)c4)C=CC3)cc2)=CC1)C1C=CC=CC1. The fraction of sp³-hybridized carbons (Fsp3) is 0.184. The van der Waals surface area contributed by atoms with Crippen LogP contribution in [0.1, 0.15) is 54.7 Å². The van der Waals surface area contributed by atoms with Crippen molar-refractivity contribution >= 4 is 16.9 Å². The molecule has 2 N–H and O–H groups in total. The molecule has 7 rings (SSSR count). The fourth-order valence-corrected chi connectivity index (χ4v) is 7.25. The van der Waals surface area contributed by atoms with Gasteiger partial charge in [0.1, 0.15) is 0 Å². The maximum Gasteiger partial charge on any atom is 0.0420 e. The van der Waals surface area contributed by atoms with Gasteiger partial charge in [-0.25, -0.2) is 0 Å². The van der Waals surface area contributed by atoms with Crippen LogP contribution in [0.15, 0.2) is 205 Å². The standard InChI is InChI=1S/C49H48N2/c1-36-14-12-19-41(32-36)43-21-13-20-42(34-43)39-24-27-47(28-25-39)51-49-29-26-44(35-48(49)40-17-8-4-9-18-40)45(30-31-50-46-22-10-5-11-23-46)33-37(2)38-15-6-3-7-16-38/h3,5-8,10-15,17-19,21-25,27-35,38,42,44,50-51H,2,4,9,16,20,26H2,1H3/b31-30-,45-33+. The van der Waals surface area contributed by atoms with Crippen LogP contribution in [0, 0.1) is 18.8 Å². The molecule has 4 aliphatic rings. The van der Waals surface area contributed by atoms with E-state index in [1.54, 1.807) is 0 Å². The molecule has 2 nitrogen and oxygen atoms in total. The van der Waals surface area contributed by atoms with E-state index in [2.05, 4.69) is 188 Å². The van der Waals surface area contributed by atoms with E-state index in [0.717, 1.165) is 49.1 Å². The van der Waals surface area contributed by atoms with E-state index < -0.39 is 0 Å². The van der Waals surface area contributed by atoms with Crippen LogP contribution in [0.2, 0.25) is 0 Å². The van der Waals surface area contributed by atoms with Gasteiger partial charge in [0.25, 0.3) is 0 Å². The highest BCUT2D eigenvalue weighted by molar-refractivity contribution is 5.76. The lowest BCUT2D eigenvalue weighted by atomic mass is 9.82. The van der Waals surface area contributed by atoms with Crippen molar-refractivity contribution in [1.82, 2.24) is 0 Å². The predicted molar refractivity (Wildman–Crippen MR) is 219 cm³/mol. The summed E-state index contributed by atoms with van der Waals surface area (Å²) in [4.78, 5) is 0. The Labute approximate surface area is 304 Å². The van der Waals surface area contributed by atoms with Crippen LogP contribution in [-0.2, 0) is 0 Å². The highest BCUT2D eigenvalue weighted by atomic mass is 14.9. The number of hydrogen-bond donors (Lipinski definition) is 2. The van der Waals surface area contributed by atoms with Gasteiger partial charge in [-0.3, -0.25) is 0 Å². The third kappa shape index (κ3) is 8.77. The van der Waals surface area contributed by atoms with E-state index in [1.807, 2.05) is 6.07 Å². The number of aryl methyl sites for hydroxylation is 1. The number of nitrogens with one attached hydrogen (secondary N) is 2. The van der Waals surface area contributed by atoms with Crippen molar-refractivity contribution in [2.24, 2.45) is 11.8 Å². The van der Waals surface area contributed by atoms with Gasteiger partial charge in [-0.05, 0) is 103 Å². The van der Waals surface area contributed by atoms with Crippen molar-refractivity contribution in [1.29, 1.82) is 0 Å². The summed E-state index contributed by atoms with van der Waals surface area (Å²) < 4.78 is 0. The molecule has 0 heterocycles. The van der Waals surface area contributed by atoms with E-state index in [9.17, 15) is 0 Å². The van der Waals surface area contributed by atoms with Crippen molar-refractivity contribution in [3.05, 3.63) is 221 Å². The molecule has 0 saturated carbocycles. The van der Waals surface area contributed by atoms with Crippen molar-refractivity contribution in [3.63, 3.8) is 0 Å². The molecule has 51 heavy (non-hydrogen) atoms. The van der Waals surface area contributed by atoms with Crippen molar-refractivity contribution in [3.8, 4) is 0 Å². The molecular formula is C49H48N2. The summed E-state index contributed by atoms with van der Waals surface area (Å²) in [7, 11) is 0. The second-order valence-corrected chi connectivity index (χ2v) is 13.9. The summed E-state index contributed by atoms with van der Waals surface area (Å²) in [6.07, 6.45) is 39.3. The first-order valence-electron chi connectivity index (χ1n) is 18.4. The number of para-hydroxylation sites is 1. The summed E-state index contributed by atoms with van der Waals surface area (Å²) in [5, 5.41) is 7.29. The van der Waals surface area contributed by atoms with Gasteiger partial charge in [-0.1, -0.05) is 146 Å². The van der Waals surface area contributed by atoms with E-state index in [-0.39, 0.29) is 5.92 Å². The van der Waals surface area contributed by atoms with Crippen LogP contribution in [-0.4, -0.2) is 0 Å². The van der Waals surface area contributed by atoms with E-state index in [0.29, 0.717) is 11.8 Å². The van der Waals surface area contributed by atoms with Crippen LogP contribution in [0.5, 0.6) is 0 Å². The predicted octanol–water partition coefficient (Wildman–Crippen LogP) is 12.9. The molecule has 0 amide bonds. The van der Waals surface area contributed by atoms with Gasteiger partial charge in [0.2, 0.25) is 0 Å². The van der Waals surface area contributed by atoms with Crippen LogP contribution in [0.25, 0.3) is 5.57 Å². The van der Waals surface area contributed by atoms with Gasteiger partial charge in [-0.2, -0.15) is 0 Å². The average molecular weight is 665 g/mol. The summed E-state index contributed by atoms with van der Waals surface area (Å²) in [5.74, 6) is 0.903. The van der Waals surface area contributed by atoms with Gasteiger partial charge in [0.15, 0.2) is 0 Å². The lowest BCUT2D eigenvalue weighted by Gasteiger charge is -2.26. The zero-order valence-corrected chi connectivity index (χ0v) is 29.6. The highest BCUT2D eigenvalue weighted by Gasteiger charge is 2.22. The minimum atomic E-state index is 0.214. The number of benzene rings is 3. The molecule has 3 aromatic rings. The third-order valence-electron chi connectivity index (χ3n) is 10.1. The van der Waals surface area contributed by atoms with Gasteiger partial charge in [0.05, 0.1) is 0 Å². The Morgan fingerprint density at radius 3 is 2.39 bits per heavy atom. The third-order valence-corrected chi connectivity index (χ3v) is 10.1. The minimum Gasteiger partial charge on any atom is -0.362 e. The van der Waals surface area contributed by atoms with E-state index in [4.69, 9.17) is 0 Å². The molecule has 0 spiro atoms. The molecule has 3 unspecified atom stereocenters. The van der Waals surface area contributed by atoms with E-state index >= 15 is 0 Å². The maximum absolute atomic E-state index is 4.53. The van der Waals surface area contributed by atoms with Crippen molar-refractivity contribution in [2.45, 2.75) is 44.9 Å². The lowest BCUT2D eigenvalue weighted by Crippen LogP contribution is -2.14. The molecule has 0 radical (unpaired) electrons. The Morgan fingerprint density at radius 1 is 0.745 bits per heavy atom. The number of anilines is 2. The Bertz CT molecular complexity index is 2040. The molecule has 3 atom stereocenters. The summed E-state index contributed by atoms with van der Waals surface area (Å²) >= 11 is 0. The molecule has 4 aliphatic carbocycles. The first-order valence-corrected chi connectivity index (χ1v) is 18.4. The fourth-order valence-electron chi connectivity index (χ4n) is 7.25. The molecule has 254 valence electrons. The number of hydrogen-bond acceptors (Lipinski definition) is 2. The Hall–Kier alpha value is -5.60. The second kappa shape index (κ2) is 16.4. The first kappa shape index (κ1) is 33.9. The zero-order valence-electron chi connectivity index (χ0n) is 29.6. The Kier molecular flexibility index (Phi) is 10.9. The van der Waals surface area contributed by atoms with Gasteiger partial charge in [0, 0.05) is 46.6 Å². The maximum atomic E-state index is 4.53. The Balaban J connectivity index is 1.12. The smallest absolute Gasteiger partial charge is 0.0420 e. The lowest BCUT2D eigenvalue weighted by molar-refractivity contribution is 0.755. The summed E-state index contributed by atoms with van der Waals surface area (Å²) in [5.41, 5.74) is 13.5. The molecule has 3 aromatic carbocycles.